The van der Waals surface area contributed by atoms with Gasteiger partial charge in [0.1, 0.15) is 0 Å². The number of carbonyl (C=O) groups is 1. The van der Waals surface area contributed by atoms with Crippen molar-refractivity contribution in [2.75, 3.05) is 0 Å². The van der Waals surface area contributed by atoms with Gasteiger partial charge in [-0.2, -0.15) is 0 Å². The molecule has 0 aliphatic carbocycles. The number of aliphatic imine (C=N–C) groups is 1. The Morgan fingerprint density at radius 2 is 2.11 bits per heavy atom. The van der Waals surface area contributed by atoms with Crippen LogP contribution in [0, 0.1) is 0 Å². The van der Waals surface area contributed by atoms with Gasteiger partial charge in [0.25, 0.3) is 0 Å². The van der Waals surface area contributed by atoms with E-state index in [9.17, 15) is 9.18 Å². The highest BCUT2D eigenvalue weighted by atomic mass is 19.1. The van der Waals surface area contributed by atoms with Crippen molar-refractivity contribution in [2.45, 2.75) is 12.1 Å². The highest BCUT2D eigenvalue weighted by Gasteiger charge is 2.39. The van der Waals surface area contributed by atoms with Gasteiger partial charge in [-0.05, 0) is 6.08 Å². The fraction of sp³-hybridized carbons (Fsp3) is 0.154. The maximum Gasteiger partial charge on any atom is 0.214 e. The van der Waals surface area contributed by atoms with Crippen molar-refractivity contribution in [2.24, 2.45) is 10.1 Å². The van der Waals surface area contributed by atoms with Crippen LogP contribution in [0.5, 0.6) is 0 Å². The summed E-state index contributed by atoms with van der Waals surface area (Å²) in [4.78, 5) is 15.8. The summed E-state index contributed by atoms with van der Waals surface area (Å²) in [6.07, 6.45) is 3.57. The Bertz CT molecular complexity index is 537. The number of benzene rings is 1. The second-order valence-electron chi connectivity index (χ2n) is 3.86. The van der Waals surface area contributed by atoms with Gasteiger partial charge < -0.3 is 5.21 Å². The number of nitrogens with zero attached hydrogens (tertiary/aromatic N) is 2. The van der Waals surface area contributed by atoms with E-state index >= 15 is 0 Å². The van der Waals surface area contributed by atoms with Crippen LogP contribution in [0.25, 0.3) is 0 Å². The molecule has 0 aromatic heterocycles. The van der Waals surface area contributed by atoms with E-state index in [4.69, 9.17) is 5.21 Å². The Morgan fingerprint density at radius 1 is 1.39 bits per heavy atom. The van der Waals surface area contributed by atoms with Crippen LogP contribution in [0.2, 0.25) is 0 Å². The summed E-state index contributed by atoms with van der Waals surface area (Å²) in [6, 6.07) is 8.14. The Kier molecular flexibility index (Phi) is 3.32. The van der Waals surface area contributed by atoms with E-state index in [1.807, 2.05) is 0 Å². The minimum absolute atomic E-state index is 0.124. The van der Waals surface area contributed by atoms with E-state index in [-0.39, 0.29) is 12.0 Å². The number of alkyl halides is 1. The van der Waals surface area contributed by atoms with E-state index < -0.39 is 17.2 Å². The van der Waals surface area contributed by atoms with Crippen molar-refractivity contribution in [3.05, 3.63) is 48.2 Å². The van der Waals surface area contributed by atoms with Crippen LogP contribution in [0.4, 0.5) is 4.39 Å². The van der Waals surface area contributed by atoms with Gasteiger partial charge >= 0.3 is 0 Å². The van der Waals surface area contributed by atoms with E-state index in [0.29, 0.717) is 0 Å². The molecule has 1 aromatic carbocycles. The van der Waals surface area contributed by atoms with Gasteiger partial charge in [0.2, 0.25) is 5.78 Å². The predicted octanol–water partition coefficient (Wildman–Crippen LogP) is 2.40. The van der Waals surface area contributed by atoms with Crippen LogP contribution in [-0.2, 0) is 0 Å². The van der Waals surface area contributed by atoms with Crippen LogP contribution in [0.15, 0.2) is 52.8 Å². The smallest absolute Gasteiger partial charge is 0.214 e. The van der Waals surface area contributed by atoms with Gasteiger partial charge in [0, 0.05) is 24.4 Å². The normalized spacial score (nSPS) is 23.1. The molecule has 1 N–H and O–H groups in total. The number of oxime groups is 1. The fourth-order valence-corrected chi connectivity index (χ4v) is 1.69. The van der Waals surface area contributed by atoms with Crippen molar-refractivity contribution in [3.8, 4) is 0 Å². The number of rotatable bonds is 3. The van der Waals surface area contributed by atoms with Gasteiger partial charge in [-0.25, -0.2) is 4.39 Å². The molecule has 18 heavy (non-hydrogen) atoms. The Balaban J connectivity index is 2.34. The summed E-state index contributed by atoms with van der Waals surface area (Å²) in [5.74, 6) is -0.638. The molecule has 0 fully saturated rings. The first-order chi connectivity index (χ1) is 8.67. The number of hydrogen-bond acceptors (Lipinski definition) is 4. The molecule has 5 heteroatoms. The number of allylic oxidation sites excluding steroid dienone is 1. The van der Waals surface area contributed by atoms with Gasteiger partial charge in [0.05, 0.1) is 0 Å². The molecule has 0 amide bonds. The molecule has 1 atom stereocenters. The van der Waals surface area contributed by atoms with Crippen molar-refractivity contribution in [1.29, 1.82) is 0 Å². The number of ketones is 1. The first-order valence-corrected chi connectivity index (χ1v) is 5.38. The third kappa shape index (κ3) is 2.20. The number of hydrogen-bond donors (Lipinski definition) is 1. The lowest BCUT2D eigenvalue weighted by Crippen LogP contribution is -2.39. The van der Waals surface area contributed by atoms with E-state index in [2.05, 4.69) is 10.1 Å². The molecule has 1 heterocycles. The minimum Gasteiger partial charge on any atom is -0.410 e. The Hall–Kier alpha value is -2.30. The quantitative estimate of drug-likeness (QED) is 0.385. The number of halogens is 1. The first kappa shape index (κ1) is 12.2. The molecule has 4 nitrogen and oxygen atoms in total. The monoisotopic (exact) mass is 246 g/mol. The molecule has 1 unspecified atom stereocenters. The van der Waals surface area contributed by atoms with E-state index in [0.717, 1.165) is 6.08 Å². The second-order valence-corrected chi connectivity index (χ2v) is 3.86. The van der Waals surface area contributed by atoms with Gasteiger partial charge in [-0.3, -0.25) is 9.79 Å². The SMILES string of the molecule is O=C(C(=NO)C1(F)C=CN=CC1)c1ccccc1. The van der Waals surface area contributed by atoms with Crippen LogP contribution in [-0.4, -0.2) is 28.6 Å². The molecular weight excluding hydrogens is 235 g/mol. The Labute approximate surface area is 103 Å². The molecule has 0 bridgehead atoms. The number of carbonyl (C=O) groups excluding carboxylic acids is 1. The predicted molar refractivity (Wildman–Crippen MR) is 66.1 cm³/mol. The van der Waals surface area contributed by atoms with Crippen molar-refractivity contribution >= 4 is 17.7 Å². The first-order valence-electron chi connectivity index (χ1n) is 5.38. The topological polar surface area (TPSA) is 62.0 Å². The summed E-state index contributed by atoms with van der Waals surface area (Å²) in [6.45, 7) is 0. The molecule has 0 spiro atoms. The van der Waals surface area contributed by atoms with Crippen LogP contribution >= 0.6 is 0 Å². The second kappa shape index (κ2) is 4.91. The van der Waals surface area contributed by atoms with Crippen molar-refractivity contribution in [3.63, 3.8) is 0 Å². The van der Waals surface area contributed by atoms with Gasteiger partial charge in [-0.1, -0.05) is 35.5 Å². The lowest BCUT2D eigenvalue weighted by molar-refractivity contribution is 0.104. The van der Waals surface area contributed by atoms with Gasteiger partial charge in [-0.15, -0.1) is 0 Å². The molecule has 0 radical (unpaired) electrons. The molecule has 92 valence electrons. The zero-order valence-corrected chi connectivity index (χ0v) is 9.45. The maximum atomic E-state index is 14.5. The van der Waals surface area contributed by atoms with Crippen molar-refractivity contribution in [1.82, 2.24) is 0 Å². The highest BCUT2D eigenvalue weighted by molar-refractivity contribution is 6.49. The largest absolute Gasteiger partial charge is 0.410 e. The molecule has 0 saturated heterocycles. The zero-order valence-electron chi connectivity index (χ0n) is 9.45. The summed E-state index contributed by atoms with van der Waals surface area (Å²) in [7, 11) is 0. The summed E-state index contributed by atoms with van der Waals surface area (Å²) in [5, 5.41) is 11.8. The van der Waals surface area contributed by atoms with Crippen molar-refractivity contribution < 1.29 is 14.4 Å². The highest BCUT2D eigenvalue weighted by Crippen LogP contribution is 2.24. The molecule has 1 aromatic rings. The summed E-state index contributed by atoms with van der Waals surface area (Å²) < 4.78 is 14.5. The van der Waals surface area contributed by atoms with E-state index in [1.54, 1.807) is 18.2 Å². The lowest BCUT2D eigenvalue weighted by atomic mass is 9.89. The summed E-state index contributed by atoms with van der Waals surface area (Å²) in [5.41, 5.74) is -2.36. The van der Waals surface area contributed by atoms with Crippen LogP contribution in [0.3, 0.4) is 0 Å². The molecular formula is C13H11FN2O2. The maximum absolute atomic E-state index is 14.5. The Morgan fingerprint density at radius 3 is 2.67 bits per heavy atom. The molecule has 0 saturated carbocycles. The summed E-state index contributed by atoms with van der Waals surface area (Å²) >= 11 is 0. The molecule has 2 rings (SSSR count). The lowest BCUT2D eigenvalue weighted by Gasteiger charge is -2.21. The van der Waals surface area contributed by atoms with Gasteiger partial charge in [0.15, 0.2) is 11.4 Å². The zero-order chi connectivity index (χ0) is 13.0. The van der Waals surface area contributed by atoms with Crippen LogP contribution in [0.1, 0.15) is 16.8 Å². The number of Topliss-reactive ketones (excluding diaryl/α,β-unsaturated/α-hetero) is 1. The standard InChI is InChI=1S/C13H11FN2O2/c14-13(6-8-15-9-7-13)12(16-18)11(17)10-4-2-1-3-5-10/h1-6,8-9,18H,7H2. The fourth-order valence-electron chi connectivity index (χ4n) is 1.69. The molecule has 1 aliphatic heterocycles. The average Bonchev–Trinajstić information content (AvgIpc) is 2.41. The average molecular weight is 246 g/mol. The van der Waals surface area contributed by atoms with Crippen LogP contribution < -0.4 is 0 Å². The minimum atomic E-state index is -2.11. The third-order valence-corrected chi connectivity index (χ3v) is 2.66. The van der Waals surface area contributed by atoms with E-state index in [1.165, 1.54) is 24.5 Å². The molecule has 1 aliphatic rings. The third-order valence-electron chi connectivity index (χ3n) is 2.66.